The number of nitrogens with zero attached hydrogens (tertiary/aromatic N) is 5. The zero-order chi connectivity index (χ0) is 20.7. The molecule has 30 heavy (non-hydrogen) atoms. The molecule has 1 aliphatic heterocycles. The highest BCUT2D eigenvalue weighted by molar-refractivity contribution is 6.31. The zero-order valence-electron chi connectivity index (χ0n) is 16.4. The number of hydrogen-bond acceptors (Lipinski definition) is 4. The summed E-state index contributed by atoms with van der Waals surface area (Å²) in [5, 5.41) is 6.59. The number of rotatable bonds is 3. The van der Waals surface area contributed by atoms with Gasteiger partial charge in [0, 0.05) is 23.1 Å². The Morgan fingerprint density at radius 1 is 0.967 bits per heavy atom. The number of benzene rings is 2. The molecule has 0 unspecified atom stereocenters. The van der Waals surface area contributed by atoms with Crippen LogP contribution in [0.1, 0.15) is 31.2 Å². The van der Waals surface area contributed by atoms with E-state index in [1.165, 1.54) is 12.8 Å². The molecule has 2 aromatic heterocycles. The van der Waals surface area contributed by atoms with Crippen LogP contribution in [0.5, 0.6) is 0 Å². The van der Waals surface area contributed by atoms with Gasteiger partial charge in [0.15, 0.2) is 0 Å². The molecule has 0 spiro atoms. The highest BCUT2D eigenvalue weighted by atomic mass is 35.5. The fourth-order valence-electron chi connectivity index (χ4n) is 4.12. The number of aromatic nitrogens is 4. The lowest BCUT2D eigenvalue weighted by Gasteiger charge is -2.20. The molecule has 0 atom stereocenters. The molecule has 0 bridgehead atoms. The van der Waals surface area contributed by atoms with E-state index in [-0.39, 0.29) is 5.56 Å². The van der Waals surface area contributed by atoms with Gasteiger partial charge >= 0.3 is 0 Å². The Kier molecular flexibility index (Phi) is 5.13. The number of hydrogen-bond donors (Lipinski definition) is 0. The molecule has 0 radical (unpaired) electrons. The van der Waals surface area contributed by atoms with Crippen molar-refractivity contribution in [3.05, 3.63) is 68.4 Å². The normalized spacial score (nSPS) is 15.1. The lowest BCUT2D eigenvalue weighted by Crippen LogP contribution is -2.26. The molecule has 3 heterocycles. The van der Waals surface area contributed by atoms with Gasteiger partial charge in [-0.15, -0.1) is 5.10 Å². The predicted molar refractivity (Wildman–Crippen MR) is 121 cm³/mol. The lowest BCUT2D eigenvalue weighted by atomic mass is 10.2. The minimum absolute atomic E-state index is 0.310. The second kappa shape index (κ2) is 7.93. The zero-order valence-corrected chi connectivity index (χ0v) is 17.9. The first-order valence-electron chi connectivity index (χ1n) is 10.2. The van der Waals surface area contributed by atoms with E-state index < -0.39 is 0 Å². The standard InChI is InChI=1S/C22H21Cl2N5O/c23-16-9-10-19-17(13-16)20(30)25-21-28(14-15-7-3-4-8-18(15)24)26-22(29(19)21)27-11-5-1-2-6-12-27/h3-4,7-10,13H,1-2,5-6,11-12,14H2. The molecule has 2 aromatic carbocycles. The Morgan fingerprint density at radius 3 is 2.50 bits per heavy atom. The van der Waals surface area contributed by atoms with Crippen LogP contribution in [0.25, 0.3) is 16.7 Å². The van der Waals surface area contributed by atoms with Crippen molar-refractivity contribution in [2.24, 2.45) is 0 Å². The molecular weight excluding hydrogens is 421 g/mol. The second-order valence-corrected chi connectivity index (χ2v) is 8.51. The van der Waals surface area contributed by atoms with E-state index in [2.05, 4.69) is 9.88 Å². The van der Waals surface area contributed by atoms with Gasteiger partial charge in [0.05, 0.1) is 17.4 Å². The maximum absolute atomic E-state index is 12.8. The van der Waals surface area contributed by atoms with Crippen LogP contribution >= 0.6 is 23.2 Å². The summed E-state index contributed by atoms with van der Waals surface area (Å²) in [7, 11) is 0. The van der Waals surface area contributed by atoms with Gasteiger partial charge in [-0.3, -0.25) is 4.79 Å². The summed E-state index contributed by atoms with van der Waals surface area (Å²) in [6.07, 6.45) is 4.68. The summed E-state index contributed by atoms with van der Waals surface area (Å²) in [5.41, 5.74) is 1.38. The summed E-state index contributed by atoms with van der Waals surface area (Å²) in [6.45, 7) is 2.29. The van der Waals surface area contributed by atoms with Gasteiger partial charge in [0.25, 0.3) is 5.56 Å². The number of anilines is 1. The van der Waals surface area contributed by atoms with Gasteiger partial charge in [0.2, 0.25) is 11.7 Å². The molecule has 1 aliphatic rings. The Bertz CT molecular complexity index is 1290. The van der Waals surface area contributed by atoms with Crippen molar-refractivity contribution >= 4 is 45.8 Å². The third kappa shape index (κ3) is 3.44. The molecule has 154 valence electrons. The van der Waals surface area contributed by atoms with Gasteiger partial charge in [-0.2, -0.15) is 4.98 Å². The third-order valence-corrected chi connectivity index (χ3v) is 6.24. The highest BCUT2D eigenvalue weighted by Gasteiger charge is 2.22. The number of halogens is 2. The fraction of sp³-hybridized carbons (Fsp3) is 0.318. The van der Waals surface area contributed by atoms with E-state index in [4.69, 9.17) is 28.3 Å². The number of fused-ring (bicyclic) bond motifs is 3. The van der Waals surface area contributed by atoms with Crippen molar-refractivity contribution in [3.63, 3.8) is 0 Å². The van der Waals surface area contributed by atoms with E-state index in [1.54, 1.807) is 16.8 Å². The van der Waals surface area contributed by atoms with Gasteiger partial charge in [-0.1, -0.05) is 54.2 Å². The average molecular weight is 442 g/mol. The van der Waals surface area contributed by atoms with Gasteiger partial charge in [-0.25, -0.2) is 9.08 Å². The summed E-state index contributed by atoms with van der Waals surface area (Å²) < 4.78 is 3.76. The van der Waals surface area contributed by atoms with Crippen LogP contribution in [0.2, 0.25) is 10.0 Å². The predicted octanol–water partition coefficient (Wildman–Crippen LogP) is 4.78. The van der Waals surface area contributed by atoms with Gasteiger partial charge in [-0.05, 0) is 42.7 Å². The average Bonchev–Trinajstić information content (AvgIpc) is 2.91. The molecule has 5 rings (SSSR count). The second-order valence-electron chi connectivity index (χ2n) is 7.66. The molecule has 8 heteroatoms. The molecule has 0 aliphatic carbocycles. The van der Waals surface area contributed by atoms with E-state index in [0.717, 1.165) is 43.0 Å². The molecular formula is C22H21Cl2N5O. The Labute approximate surface area is 183 Å². The Morgan fingerprint density at radius 2 is 1.73 bits per heavy atom. The summed E-state index contributed by atoms with van der Waals surface area (Å²) in [5.74, 6) is 1.31. The first-order chi connectivity index (χ1) is 14.6. The Balaban J connectivity index is 1.76. The van der Waals surface area contributed by atoms with Crippen molar-refractivity contribution in [3.8, 4) is 0 Å². The minimum Gasteiger partial charge on any atom is -0.341 e. The molecule has 1 fully saturated rings. The summed E-state index contributed by atoms with van der Waals surface area (Å²) in [4.78, 5) is 19.5. The Hall–Kier alpha value is -2.57. The van der Waals surface area contributed by atoms with Gasteiger partial charge < -0.3 is 4.90 Å². The van der Waals surface area contributed by atoms with Crippen molar-refractivity contribution in [1.82, 2.24) is 19.2 Å². The van der Waals surface area contributed by atoms with Gasteiger partial charge in [0.1, 0.15) is 0 Å². The monoisotopic (exact) mass is 441 g/mol. The van der Waals surface area contributed by atoms with E-state index in [9.17, 15) is 4.79 Å². The molecule has 0 amide bonds. The van der Waals surface area contributed by atoms with E-state index in [1.807, 2.05) is 34.7 Å². The topological polar surface area (TPSA) is 55.4 Å². The molecule has 0 saturated carbocycles. The maximum Gasteiger partial charge on any atom is 0.282 e. The first kappa shape index (κ1) is 19.4. The molecule has 6 nitrogen and oxygen atoms in total. The molecule has 1 saturated heterocycles. The van der Waals surface area contributed by atoms with Crippen LogP contribution in [0.3, 0.4) is 0 Å². The maximum atomic E-state index is 12.8. The lowest BCUT2D eigenvalue weighted by molar-refractivity contribution is 0.685. The van der Waals surface area contributed by atoms with Crippen LogP contribution in [0.15, 0.2) is 47.3 Å². The highest BCUT2D eigenvalue weighted by Crippen LogP contribution is 2.26. The first-order valence-corrected chi connectivity index (χ1v) is 10.9. The smallest absolute Gasteiger partial charge is 0.282 e. The van der Waals surface area contributed by atoms with Crippen molar-refractivity contribution < 1.29 is 0 Å². The largest absolute Gasteiger partial charge is 0.341 e. The van der Waals surface area contributed by atoms with Crippen LogP contribution in [-0.4, -0.2) is 32.3 Å². The van der Waals surface area contributed by atoms with Crippen LogP contribution in [0, 0.1) is 0 Å². The SMILES string of the molecule is O=c1nc2n(Cc3ccccc3Cl)nc(N3CCCCCC3)n2c2ccc(Cl)cc12. The van der Waals surface area contributed by atoms with Crippen LogP contribution in [0.4, 0.5) is 5.95 Å². The van der Waals surface area contributed by atoms with E-state index >= 15 is 0 Å². The molecule has 4 aromatic rings. The van der Waals surface area contributed by atoms with Crippen LogP contribution < -0.4 is 10.5 Å². The fourth-order valence-corrected chi connectivity index (χ4v) is 4.49. The summed E-state index contributed by atoms with van der Waals surface area (Å²) >= 11 is 12.6. The quantitative estimate of drug-likeness (QED) is 0.458. The van der Waals surface area contributed by atoms with E-state index in [0.29, 0.717) is 27.8 Å². The van der Waals surface area contributed by atoms with Crippen molar-refractivity contribution in [1.29, 1.82) is 0 Å². The van der Waals surface area contributed by atoms with Crippen molar-refractivity contribution in [2.45, 2.75) is 32.2 Å². The van der Waals surface area contributed by atoms with Crippen molar-refractivity contribution in [2.75, 3.05) is 18.0 Å². The molecule has 0 N–H and O–H groups in total. The third-order valence-electron chi connectivity index (χ3n) is 5.64. The summed E-state index contributed by atoms with van der Waals surface area (Å²) in [6, 6.07) is 13.0. The van der Waals surface area contributed by atoms with Crippen LogP contribution in [-0.2, 0) is 6.54 Å². The minimum atomic E-state index is -0.310.